The molecule has 0 nitrogen and oxygen atoms in total. The lowest BCUT2D eigenvalue weighted by atomic mass is 10.1. The molecular weight excluding hydrogens is 407 g/mol. The molecule has 0 aliphatic carbocycles. The summed E-state index contributed by atoms with van der Waals surface area (Å²) >= 11 is 21.1. The summed E-state index contributed by atoms with van der Waals surface area (Å²) in [5.74, 6) is 0. The van der Waals surface area contributed by atoms with Crippen LogP contribution in [0.25, 0.3) is 0 Å². The van der Waals surface area contributed by atoms with E-state index in [-0.39, 0.29) is 4.83 Å². The van der Waals surface area contributed by atoms with E-state index in [9.17, 15) is 0 Å². The molecule has 90 valence electrons. The largest absolute Gasteiger partial charge is 0.143 e. The minimum Gasteiger partial charge on any atom is -0.143 e. The van der Waals surface area contributed by atoms with E-state index in [0.29, 0.717) is 10.0 Å². The lowest BCUT2D eigenvalue weighted by Crippen LogP contribution is -1.91. The van der Waals surface area contributed by atoms with Gasteiger partial charge in [0.1, 0.15) is 0 Å². The van der Waals surface area contributed by atoms with E-state index in [2.05, 4.69) is 44.8 Å². The van der Waals surface area contributed by atoms with Gasteiger partial charge in [0.25, 0.3) is 0 Å². The fourth-order valence-corrected chi connectivity index (χ4v) is 5.28. The first-order valence-electron chi connectivity index (χ1n) is 4.84. The fraction of sp³-hybridized carbons (Fsp3) is 0.167. The Bertz CT molecular complexity index is 551. The quantitative estimate of drug-likeness (QED) is 0.485. The Morgan fingerprint density at radius 3 is 2.47 bits per heavy atom. The number of benzene rings is 1. The van der Waals surface area contributed by atoms with Gasteiger partial charge in [-0.15, -0.1) is 11.3 Å². The summed E-state index contributed by atoms with van der Waals surface area (Å²) in [6.07, 6.45) is 0. The zero-order valence-electron chi connectivity index (χ0n) is 8.81. The van der Waals surface area contributed by atoms with E-state index in [1.165, 1.54) is 9.75 Å². The van der Waals surface area contributed by atoms with Gasteiger partial charge >= 0.3 is 0 Å². The van der Waals surface area contributed by atoms with E-state index in [1.807, 2.05) is 12.1 Å². The third-order valence-electron chi connectivity index (χ3n) is 2.30. The lowest BCUT2D eigenvalue weighted by Gasteiger charge is -2.11. The summed E-state index contributed by atoms with van der Waals surface area (Å²) in [5, 5.41) is 1.33. The second-order valence-electron chi connectivity index (χ2n) is 3.60. The molecule has 2 rings (SSSR count). The van der Waals surface area contributed by atoms with Gasteiger partial charge in [-0.25, -0.2) is 0 Å². The van der Waals surface area contributed by atoms with Crippen molar-refractivity contribution >= 4 is 66.4 Å². The Morgan fingerprint density at radius 2 is 1.94 bits per heavy atom. The number of rotatable bonds is 2. The molecule has 1 unspecified atom stereocenters. The van der Waals surface area contributed by atoms with E-state index >= 15 is 0 Å². The van der Waals surface area contributed by atoms with Gasteiger partial charge in [0.2, 0.25) is 0 Å². The van der Waals surface area contributed by atoms with Crippen molar-refractivity contribution in [3.63, 3.8) is 0 Å². The number of halogens is 4. The van der Waals surface area contributed by atoms with Crippen LogP contribution in [0, 0.1) is 6.92 Å². The van der Waals surface area contributed by atoms with E-state index in [0.717, 1.165) is 10.0 Å². The predicted octanol–water partition coefficient (Wildman–Crippen LogP) is 6.61. The lowest BCUT2D eigenvalue weighted by molar-refractivity contribution is 1.21. The van der Waals surface area contributed by atoms with Gasteiger partial charge in [-0.2, -0.15) is 0 Å². The highest BCUT2D eigenvalue weighted by Gasteiger charge is 2.18. The van der Waals surface area contributed by atoms with Crippen molar-refractivity contribution in [2.24, 2.45) is 0 Å². The molecule has 1 aromatic heterocycles. The Hall–Kier alpha value is 0.460. The summed E-state index contributed by atoms with van der Waals surface area (Å²) in [4.78, 5) is 2.56. The minimum absolute atomic E-state index is 0.0836. The van der Waals surface area contributed by atoms with E-state index < -0.39 is 0 Å². The number of thiophene rings is 1. The molecule has 0 spiro atoms. The molecule has 1 aromatic carbocycles. The van der Waals surface area contributed by atoms with Gasteiger partial charge in [-0.05, 0) is 46.6 Å². The van der Waals surface area contributed by atoms with Crippen LogP contribution in [-0.4, -0.2) is 0 Å². The molecule has 0 N–H and O–H groups in total. The predicted molar refractivity (Wildman–Crippen MR) is 84.0 cm³/mol. The van der Waals surface area contributed by atoms with Crippen molar-refractivity contribution in [2.45, 2.75) is 11.8 Å². The topological polar surface area (TPSA) is 0 Å². The summed E-state index contributed by atoms with van der Waals surface area (Å²) in [7, 11) is 0. The first-order valence-corrected chi connectivity index (χ1v) is 8.12. The summed E-state index contributed by atoms with van der Waals surface area (Å²) in [5.41, 5.74) is 1.03. The van der Waals surface area contributed by atoms with Crippen molar-refractivity contribution in [2.75, 3.05) is 0 Å². The molecule has 0 radical (unpaired) electrons. The summed E-state index contributed by atoms with van der Waals surface area (Å²) < 4.78 is 1.10. The third-order valence-corrected chi connectivity index (χ3v) is 6.15. The molecule has 2 aromatic rings. The molecule has 0 aliphatic rings. The van der Waals surface area contributed by atoms with Crippen LogP contribution in [0.1, 0.15) is 20.1 Å². The van der Waals surface area contributed by atoms with Crippen molar-refractivity contribution in [1.82, 2.24) is 0 Å². The number of hydrogen-bond donors (Lipinski definition) is 0. The van der Waals surface area contributed by atoms with Crippen LogP contribution in [-0.2, 0) is 0 Å². The molecule has 0 aliphatic heterocycles. The van der Waals surface area contributed by atoms with Crippen LogP contribution in [0.4, 0.5) is 0 Å². The smallest absolute Gasteiger partial charge is 0.0763 e. The normalized spacial score (nSPS) is 12.8. The Balaban J connectivity index is 2.43. The Kier molecular flexibility index (Phi) is 4.59. The van der Waals surface area contributed by atoms with Gasteiger partial charge in [0, 0.05) is 24.3 Å². The SMILES string of the molecule is Cc1cc(Br)c(C(Br)c2ccc(Cl)cc2Cl)s1. The fourth-order valence-electron chi connectivity index (χ4n) is 1.52. The van der Waals surface area contributed by atoms with Gasteiger partial charge in [0.05, 0.1) is 4.83 Å². The van der Waals surface area contributed by atoms with Crippen LogP contribution in [0.15, 0.2) is 28.7 Å². The van der Waals surface area contributed by atoms with Crippen molar-refractivity contribution in [3.05, 3.63) is 54.1 Å². The second-order valence-corrected chi connectivity index (χ2v) is 7.50. The van der Waals surface area contributed by atoms with Gasteiger partial charge in [-0.1, -0.05) is 45.2 Å². The molecule has 0 amide bonds. The van der Waals surface area contributed by atoms with Gasteiger partial charge < -0.3 is 0 Å². The number of alkyl halides is 1. The molecule has 0 bridgehead atoms. The molecule has 1 atom stereocenters. The zero-order chi connectivity index (χ0) is 12.6. The highest BCUT2D eigenvalue weighted by atomic mass is 79.9. The Morgan fingerprint density at radius 1 is 1.24 bits per heavy atom. The van der Waals surface area contributed by atoms with Gasteiger partial charge in [0.15, 0.2) is 0 Å². The third kappa shape index (κ3) is 3.07. The van der Waals surface area contributed by atoms with E-state index in [1.54, 1.807) is 17.4 Å². The first kappa shape index (κ1) is 13.9. The average molecular weight is 415 g/mol. The highest BCUT2D eigenvalue weighted by molar-refractivity contribution is 9.11. The maximum atomic E-state index is 6.21. The summed E-state index contributed by atoms with van der Waals surface area (Å²) in [6, 6.07) is 7.68. The van der Waals surface area contributed by atoms with Crippen LogP contribution in [0.5, 0.6) is 0 Å². The molecule has 0 saturated heterocycles. The zero-order valence-corrected chi connectivity index (χ0v) is 14.3. The van der Waals surface area contributed by atoms with Crippen LogP contribution in [0.2, 0.25) is 10.0 Å². The second kappa shape index (κ2) is 5.62. The maximum absolute atomic E-state index is 6.21. The van der Waals surface area contributed by atoms with Crippen LogP contribution in [0.3, 0.4) is 0 Å². The highest BCUT2D eigenvalue weighted by Crippen LogP contribution is 2.43. The monoisotopic (exact) mass is 412 g/mol. The van der Waals surface area contributed by atoms with Crippen molar-refractivity contribution in [3.8, 4) is 0 Å². The standard InChI is InChI=1S/C12H8Br2Cl2S/c1-6-4-9(13)12(17-6)11(14)8-3-2-7(15)5-10(8)16/h2-5,11H,1H3. The van der Waals surface area contributed by atoms with Crippen LogP contribution >= 0.6 is 66.4 Å². The van der Waals surface area contributed by atoms with Crippen molar-refractivity contribution < 1.29 is 0 Å². The Labute approximate surface area is 131 Å². The van der Waals surface area contributed by atoms with Crippen molar-refractivity contribution in [1.29, 1.82) is 0 Å². The molecule has 5 heteroatoms. The van der Waals surface area contributed by atoms with Crippen LogP contribution < -0.4 is 0 Å². The van der Waals surface area contributed by atoms with Gasteiger partial charge in [-0.3, -0.25) is 0 Å². The molecule has 0 fully saturated rings. The molecular formula is C12H8Br2Cl2S. The summed E-state index contributed by atoms with van der Waals surface area (Å²) in [6.45, 7) is 2.09. The molecule has 0 saturated carbocycles. The molecule has 1 heterocycles. The number of aryl methyl sites for hydroxylation is 1. The minimum atomic E-state index is 0.0836. The first-order chi connectivity index (χ1) is 7.99. The molecule has 17 heavy (non-hydrogen) atoms. The average Bonchev–Trinajstić information content (AvgIpc) is 2.57. The van der Waals surface area contributed by atoms with E-state index in [4.69, 9.17) is 23.2 Å². The number of hydrogen-bond acceptors (Lipinski definition) is 1. The maximum Gasteiger partial charge on any atom is 0.0763 e.